The molecule has 130 valence electrons. The Morgan fingerprint density at radius 2 is 1.96 bits per heavy atom. The van der Waals surface area contributed by atoms with Crippen molar-refractivity contribution in [3.8, 4) is 5.19 Å². The Bertz CT molecular complexity index is 1090. The Balaban J connectivity index is 1.30. The molecule has 4 heterocycles. The van der Waals surface area contributed by atoms with Crippen LogP contribution in [0.1, 0.15) is 16.2 Å². The average molecular weight is 364 g/mol. The molecule has 3 aromatic heterocycles. The van der Waals surface area contributed by atoms with Gasteiger partial charge in [-0.3, -0.25) is 9.20 Å². The van der Waals surface area contributed by atoms with Gasteiger partial charge in [0.05, 0.1) is 29.0 Å². The molecule has 0 spiro atoms. The normalized spacial score (nSPS) is 14.7. The van der Waals surface area contributed by atoms with E-state index >= 15 is 0 Å². The zero-order chi connectivity index (χ0) is 17.7. The van der Waals surface area contributed by atoms with Crippen molar-refractivity contribution >= 4 is 33.1 Å². The number of pyridine rings is 1. The van der Waals surface area contributed by atoms with E-state index in [1.165, 1.54) is 11.3 Å². The number of imidazole rings is 1. The second-order valence-corrected chi connectivity index (χ2v) is 7.37. The lowest BCUT2D eigenvalue weighted by Gasteiger charge is -2.38. The molecule has 0 unspecified atom stereocenters. The lowest BCUT2D eigenvalue weighted by molar-refractivity contribution is 0.0172. The Hall–Kier alpha value is -2.93. The molecule has 1 saturated heterocycles. The van der Waals surface area contributed by atoms with Gasteiger partial charge in [0.1, 0.15) is 17.4 Å². The molecule has 4 aromatic rings. The van der Waals surface area contributed by atoms with Crippen LogP contribution in [0.3, 0.4) is 0 Å². The van der Waals surface area contributed by atoms with Crippen LogP contribution >= 0.6 is 11.3 Å². The molecule has 0 aliphatic carbocycles. The maximum atomic E-state index is 12.9. The first-order valence-electron chi connectivity index (χ1n) is 8.44. The van der Waals surface area contributed by atoms with E-state index in [1.807, 2.05) is 60.0 Å². The molecule has 1 aliphatic rings. The van der Waals surface area contributed by atoms with Gasteiger partial charge in [0.25, 0.3) is 11.1 Å². The highest BCUT2D eigenvalue weighted by atomic mass is 32.1. The van der Waals surface area contributed by atoms with Crippen LogP contribution in [0.4, 0.5) is 0 Å². The maximum Gasteiger partial charge on any atom is 0.274 e. The first-order valence-corrected chi connectivity index (χ1v) is 9.26. The Labute approximate surface area is 153 Å². The molecule has 5 rings (SSSR count). The third-order valence-electron chi connectivity index (χ3n) is 4.58. The van der Waals surface area contributed by atoms with Gasteiger partial charge in [0.15, 0.2) is 0 Å². The van der Waals surface area contributed by atoms with E-state index in [1.54, 1.807) is 4.90 Å². The van der Waals surface area contributed by atoms with Crippen molar-refractivity contribution in [2.75, 3.05) is 13.1 Å². The molecule has 0 atom stereocenters. The van der Waals surface area contributed by atoms with Crippen LogP contribution in [0.25, 0.3) is 15.9 Å². The summed E-state index contributed by atoms with van der Waals surface area (Å²) in [6.45, 7) is 3.00. The Kier molecular flexibility index (Phi) is 3.43. The summed E-state index contributed by atoms with van der Waals surface area (Å²) >= 11 is 1.54. The molecule has 0 bridgehead atoms. The summed E-state index contributed by atoms with van der Waals surface area (Å²) < 4.78 is 8.90. The maximum absolute atomic E-state index is 12.9. The van der Waals surface area contributed by atoms with Gasteiger partial charge in [-0.05, 0) is 31.2 Å². The quantitative estimate of drug-likeness (QED) is 0.560. The number of ether oxygens (including phenoxy) is 1. The first-order chi connectivity index (χ1) is 12.7. The number of hydrogen-bond donors (Lipinski definition) is 0. The minimum Gasteiger partial charge on any atom is -0.463 e. The van der Waals surface area contributed by atoms with Gasteiger partial charge >= 0.3 is 0 Å². The van der Waals surface area contributed by atoms with Crippen molar-refractivity contribution in [2.24, 2.45) is 0 Å². The molecule has 0 N–H and O–H groups in total. The fourth-order valence-corrected chi connectivity index (χ4v) is 4.12. The first kappa shape index (κ1) is 15.3. The van der Waals surface area contributed by atoms with E-state index in [4.69, 9.17) is 4.74 Å². The zero-order valence-electron chi connectivity index (χ0n) is 14.1. The van der Waals surface area contributed by atoms with Crippen LogP contribution in [0.15, 0.2) is 48.7 Å². The van der Waals surface area contributed by atoms with Gasteiger partial charge in [-0.1, -0.05) is 29.5 Å². The number of amides is 1. The summed E-state index contributed by atoms with van der Waals surface area (Å²) in [7, 11) is 0. The number of rotatable bonds is 3. The predicted octanol–water partition coefficient (Wildman–Crippen LogP) is 3.16. The highest BCUT2D eigenvalue weighted by molar-refractivity contribution is 7.20. The molecule has 7 heteroatoms. The van der Waals surface area contributed by atoms with E-state index < -0.39 is 0 Å². The van der Waals surface area contributed by atoms with Crippen molar-refractivity contribution in [1.82, 2.24) is 19.3 Å². The highest BCUT2D eigenvalue weighted by Gasteiger charge is 2.35. The number of thiazole rings is 1. The van der Waals surface area contributed by atoms with Gasteiger partial charge in [0.2, 0.25) is 0 Å². The number of carbonyl (C=O) groups excluding carboxylic acids is 1. The molecule has 6 nitrogen and oxygen atoms in total. The minimum absolute atomic E-state index is 0.00894. The molecule has 0 saturated carbocycles. The van der Waals surface area contributed by atoms with Crippen LogP contribution in [0, 0.1) is 6.92 Å². The van der Waals surface area contributed by atoms with Gasteiger partial charge in [0, 0.05) is 6.20 Å². The number of likely N-dealkylation sites (tertiary alicyclic amines) is 1. The number of carbonyl (C=O) groups is 1. The third kappa shape index (κ3) is 2.43. The summed E-state index contributed by atoms with van der Waals surface area (Å²) in [5.41, 5.74) is 3.10. The molecule has 1 amide bonds. The lowest BCUT2D eigenvalue weighted by Crippen LogP contribution is -2.56. The number of benzene rings is 1. The number of hydrogen-bond acceptors (Lipinski definition) is 5. The Morgan fingerprint density at radius 3 is 2.81 bits per heavy atom. The molecule has 0 radical (unpaired) electrons. The smallest absolute Gasteiger partial charge is 0.274 e. The van der Waals surface area contributed by atoms with Crippen LogP contribution < -0.4 is 4.74 Å². The fourth-order valence-electron chi connectivity index (χ4n) is 3.24. The van der Waals surface area contributed by atoms with Crippen molar-refractivity contribution in [3.63, 3.8) is 0 Å². The molecule has 26 heavy (non-hydrogen) atoms. The summed E-state index contributed by atoms with van der Waals surface area (Å²) in [6.07, 6.45) is 1.86. The van der Waals surface area contributed by atoms with Gasteiger partial charge in [-0.25, -0.2) is 9.97 Å². The average Bonchev–Trinajstić information content (AvgIpc) is 3.16. The molecular formula is C19H16N4O2S. The van der Waals surface area contributed by atoms with Crippen LogP contribution in [0.2, 0.25) is 0 Å². The van der Waals surface area contributed by atoms with E-state index in [-0.39, 0.29) is 12.0 Å². The monoisotopic (exact) mass is 364 g/mol. The van der Waals surface area contributed by atoms with Crippen LogP contribution in [-0.2, 0) is 0 Å². The van der Waals surface area contributed by atoms with Crippen molar-refractivity contribution in [3.05, 3.63) is 60.0 Å². The van der Waals surface area contributed by atoms with Crippen molar-refractivity contribution in [2.45, 2.75) is 13.0 Å². The second-order valence-electron chi connectivity index (χ2n) is 6.37. The van der Waals surface area contributed by atoms with Gasteiger partial charge in [-0.15, -0.1) is 0 Å². The Morgan fingerprint density at radius 1 is 1.15 bits per heavy atom. The minimum atomic E-state index is -0.0148. The topological polar surface area (TPSA) is 59.7 Å². The fraction of sp³-hybridized carbons (Fsp3) is 0.211. The predicted molar refractivity (Wildman–Crippen MR) is 99.9 cm³/mol. The number of fused-ring (bicyclic) bond motifs is 2. The highest BCUT2D eigenvalue weighted by Crippen LogP contribution is 2.29. The van der Waals surface area contributed by atoms with Crippen LogP contribution in [0.5, 0.6) is 5.19 Å². The van der Waals surface area contributed by atoms with E-state index in [0.29, 0.717) is 24.0 Å². The second kappa shape index (κ2) is 5.81. The van der Waals surface area contributed by atoms with E-state index in [9.17, 15) is 4.79 Å². The van der Waals surface area contributed by atoms with E-state index in [2.05, 4.69) is 9.97 Å². The van der Waals surface area contributed by atoms with Gasteiger partial charge < -0.3 is 9.64 Å². The molecule has 1 aliphatic heterocycles. The summed E-state index contributed by atoms with van der Waals surface area (Å²) in [5.74, 6) is -0.00894. The zero-order valence-corrected chi connectivity index (χ0v) is 14.9. The third-order valence-corrected chi connectivity index (χ3v) is 5.51. The lowest BCUT2D eigenvalue weighted by atomic mass is 10.1. The molecular weight excluding hydrogens is 348 g/mol. The number of nitrogens with zero attached hydrogens (tertiary/aromatic N) is 4. The number of aryl methyl sites for hydroxylation is 1. The largest absolute Gasteiger partial charge is 0.463 e. The van der Waals surface area contributed by atoms with Crippen LogP contribution in [-0.4, -0.2) is 44.4 Å². The molecule has 1 fully saturated rings. The SMILES string of the molecule is Cc1nc2ccccn2c1C(=O)N1CC(Oc2nc3ccccc3s2)C1. The summed E-state index contributed by atoms with van der Waals surface area (Å²) in [6, 6.07) is 13.7. The van der Waals surface area contributed by atoms with Gasteiger partial charge in [-0.2, -0.15) is 0 Å². The van der Waals surface area contributed by atoms with E-state index in [0.717, 1.165) is 21.6 Å². The van der Waals surface area contributed by atoms with Crippen molar-refractivity contribution in [1.29, 1.82) is 0 Å². The van der Waals surface area contributed by atoms with Crippen molar-refractivity contribution < 1.29 is 9.53 Å². The summed E-state index contributed by atoms with van der Waals surface area (Å²) in [5, 5.41) is 0.661. The number of aromatic nitrogens is 3. The standard InChI is InChI=1S/C19H16N4O2S/c1-12-17(23-9-5-4-8-16(23)20-12)18(24)22-10-13(11-22)25-19-21-14-6-2-3-7-15(14)26-19/h2-9,13H,10-11H2,1H3. The molecule has 1 aromatic carbocycles. The summed E-state index contributed by atoms with van der Waals surface area (Å²) in [4.78, 5) is 23.6. The number of para-hydroxylation sites is 1.